The zero-order chi connectivity index (χ0) is 12.4. The fourth-order valence-corrected chi connectivity index (χ4v) is 3.70. The monoisotopic (exact) mass is 251 g/mol. The number of hydrogen-bond donors (Lipinski definition) is 1. The van der Waals surface area contributed by atoms with Crippen molar-refractivity contribution < 1.29 is 4.79 Å². The van der Waals surface area contributed by atoms with Gasteiger partial charge in [-0.05, 0) is 44.6 Å². The van der Waals surface area contributed by atoms with Gasteiger partial charge in [0.1, 0.15) is 0 Å². The first-order valence-corrected chi connectivity index (χ1v) is 7.56. The number of carbonyl (C=O) groups is 1. The molecule has 0 aromatic rings. The molecule has 3 rings (SSSR count). The van der Waals surface area contributed by atoms with E-state index in [0.717, 1.165) is 38.6 Å². The Morgan fingerprint density at radius 1 is 1.11 bits per heavy atom. The van der Waals surface area contributed by atoms with Crippen LogP contribution >= 0.6 is 0 Å². The summed E-state index contributed by atoms with van der Waals surface area (Å²) in [5.74, 6) is 1.14. The van der Waals surface area contributed by atoms with Crippen LogP contribution in [0, 0.1) is 5.92 Å². The Morgan fingerprint density at radius 3 is 2.72 bits per heavy atom. The molecule has 1 N–H and O–H groups in total. The van der Waals surface area contributed by atoms with Gasteiger partial charge in [-0.15, -0.1) is 0 Å². The number of likely N-dealkylation sites (tertiary alicyclic amines) is 2. The number of amides is 1. The molecule has 3 aliphatic rings. The van der Waals surface area contributed by atoms with Gasteiger partial charge in [0.15, 0.2) is 0 Å². The van der Waals surface area contributed by atoms with Crippen LogP contribution in [0.3, 0.4) is 0 Å². The maximum absolute atomic E-state index is 12.2. The lowest BCUT2D eigenvalue weighted by atomic mass is 9.94. The largest absolute Gasteiger partial charge is 0.342 e. The van der Waals surface area contributed by atoms with Crippen LogP contribution in [0.4, 0.5) is 0 Å². The minimum absolute atomic E-state index is 0.355. The van der Waals surface area contributed by atoms with Gasteiger partial charge < -0.3 is 10.2 Å². The van der Waals surface area contributed by atoms with Gasteiger partial charge in [-0.1, -0.05) is 0 Å². The number of hydrogen-bond acceptors (Lipinski definition) is 3. The number of rotatable bonds is 2. The molecule has 1 amide bonds. The van der Waals surface area contributed by atoms with E-state index in [2.05, 4.69) is 15.1 Å². The zero-order valence-electron chi connectivity index (χ0n) is 11.2. The summed E-state index contributed by atoms with van der Waals surface area (Å²) >= 11 is 0. The molecule has 3 saturated heterocycles. The highest BCUT2D eigenvalue weighted by molar-refractivity contribution is 5.78. The molecule has 102 valence electrons. The predicted molar refractivity (Wildman–Crippen MR) is 71.4 cm³/mol. The van der Waals surface area contributed by atoms with Crippen LogP contribution in [0.5, 0.6) is 0 Å². The quantitative estimate of drug-likeness (QED) is 0.784. The molecule has 3 aliphatic heterocycles. The van der Waals surface area contributed by atoms with Gasteiger partial charge in [-0.25, -0.2) is 0 Å². The Balaban J connectivity index is 1.49. The minimum Gasteiger partial charge on any atom is -0.342 e. The Labute approximate surface area is 110 Å². The molecule has 4 heteroatoms. The molecule has 2 unspecified atom stereocenters. The fourth-order valence-electron chi connectivity index (χ4n) is 3.70. The highest BCUT2D eigenvalue weighted by Gasteiger charge is 2.35. The third-order valence-electron chi connectivity index (χ3n) is 4.74. The average Bonchev–Trinajstić information content (AvgIpc) is 2.82. The predicted octanol–water partition coefficient (Wildman–Crippen LogP) is 0.683. The number of fused-ring (bicyclic) bond motifs is 1. The van der Waals surface area contributed by atoms with Crippen LogP contribution in [0.15, 0.2) is 0 Å². The molecule has 0 spiro atoms. The molecule has 2 atom stereocenters. The smallest absolute Gasteiger partial charge is 0.236 e. The van der Waals surface area contributed by atoms with Gasteiger partial charge in [0, 0.05) is 32.2 Å². The van der Waals surface area contributed by atoms with Gasteiger partial charge in [0.2, 0.25) is 5.91 Å². The molecule has 0 aliphatic carbocycles. The van der Waals surface area contributed by atoms with Crippen molar-refractivity contribution in [3.8, 4) is 0 Å². The molecule has 4 nitrogen and oxygen atoms in total. The molecule has 0 saturated carbocycles. The molecule has 3 fully saturated rings. The molecular weight excluding hydrogens is 226 g/mol. The first-order chi connectivity index (χ1) is 8.83. The number of nitrogens with one attached hydrogen (secondary N) is 1. The van der Waals surface area contributed by atoms with E-state index in [0.29, 0.717) is 18.5 Å². The van der Waals surface area contributed by atoms with Crippen molar-refractivity contribution >= 4 is 5.91 Å². The van der Waals surface area contributed by atoms with Crippen LogP contribution in [0.2, 0.25) is 0 Å². The lowest BCUT2D eigenvalue weighted by molar-refractivity contribution is -0.133. The summed E-state index contributed by atoms with van der Waals surface area (Å²) in [5.41, 5.74) is 0. The number of nitrogens with zero attached hydrogens (tertiary/aromatic N) is 2. The van der Waals surface area contributed by atoms with Gasteiger partial charge in [0.25, 0.3) is 0 Å². The summed E-state index contributed by atoms with van der Waals surface area (Å²) in [5, 5.41) is 3.60. The van der Waals surface area contributed by atoms with Crippen molar-refractivity contribution in [3.05, 3.63) is 0 Å². The van der Waals surface area contributed by atoms with Crippen molar-refractivity contribution in [2.45, 2.75) is 38.1 Å². The summed E-state index contributed by atoms with van der Waals surface area (Å²) in [4.78, 5) is 16.7. The second kappa shape index (κ2) is 5.57. The van der Waals surface area contributed by atoms with Crippen LogP contribution in [-0.4, -0.2) is 61.0 Å². The molecule has 0 aromatic heterocycles. The Morgan fingerprint density at radius 2 is 1.94 bits per heavy atom. The maximum atomic E-state index is 12.2. The first-order valence-electron chi connectivity index (χ1n) is 7.56. The molecule has 0 bridgehead atoms. The Hall–Kier alpha value is -0.610. The van der Waals surface area contributed by atoms with E-state index in [1.165, 1.54) is 32.1 Å². The SMILES string of the molecule is O=C(CN1CC2CCCNC2C1)N1CCCCC1. The van der Waals surface area contributed by atoms with E-state index in [-0.39, 0.29) is 0 Å². The van der Waals surface area contributed by atoms with Gasteiger partial charge >= 0.3 is 0 Å². The van der Waals surface area contributed by atoms with Crippen LogP contribution in [0.25, 0.3) is 0 Å². The summed E-state index contributed by atoms with van der Waals surface area (Å²) in [6.45, 7) is 5.97. The van der Waals surface area contributed by atoms with Crippen molar-refractivity contribution in [1.82, 2.24) is 15.1 Å². The van der Waals surface area contributed by atoms with Crippen molar-refractivity contribution in [2.75, 3.05) is 39.3 Å². The zero-order valence-corrected chi connectivity index (χ0v) is 11.2. The molecule has 0 radical (unpaired) electrons. The molecule has 18 heavy (non-hydrogen) atoms. The standard InChI is InChI=1S/C14H25N3O/c18-14(17-7-2-1-3-8-17)11-16-9-12-5-4-6-15-13(12)10-16/h12-13,15H,1-11H2. The second-order valence-corrected chi connectivity index (χ2v) is 6.10. The number of carbonyl (C=O) groups excluding carboxylic acids is 1. The van der Waals surface area contributed by atoms with E-state index in [1.807, 2.05) is 0 Å². The second-order valence-electron chi connectivity index (χ2n) is 6.10. The third-order valence-corrected chi connectivity index (χ3v) is 4.74. The van der Waals surface area contributed by atoms with Crippen LogP contribution in [0.1, 0.15) is 32.1 Å². The van der Waals surface area contributed by atoms with Crippen LogP contribution in [-0.2, 0) is 4.79 Å². The number of piperidine rings is 2. The van der Waals surface area contributed by atoms with Gasteiger partial charge in [-0.3, -0.25) is 9.69 Å². The summed E-state index contributed by atoms with van der Waals surface area (Å²) in [7, 11) is 0. The Kier molecular flexibility index (Phi) is 3.85. The normalized spacial score (nSPS) is 33.4. The highest BCUT2D eigenvalue weighted by atomic mass is 16.2. The fraction of sp³-hybridized carbons (Fsp3) is 0.929. The van der Waals surface area contributed by atoms with E-state index in [4.69, 9.17) is 0 Å². The first kappa shape index (κ1) is 12.4. The van der Waals surface area contributed by atoms with Crippen molar-refractivity contribution in [1.29, 1.82) is 0 Å². The molecule has 0 aromatic carbocycles. The maximum Gasteiger partial charge on any atom is 0.236 e. The van der Waals surface area contributed by atoms with E-state index in [1.54, 1.807) is 0 Å². The lowest BCUT2D eigenvalue weighted by Gasteiger charge is -2.28. The van der Waals surface area contributed by atoms with Crippen LogP contribution < -0.4 is 5.32 Å². The van der Waals surface area contributed by atoms with Gasteiger partial charge in [-0.2, -0.15) is 0 Å². The summed E-state index contributed by atoms with van der Waals surface area (Å²) in [6, 6.07) is 0.646. The summed E-state index contributed by atoms with van der Waals surface area (Å²) < 4.78 is 0. The third kappa shape index (κ3) is 2.69. The topological polar surface area (TPSA) is 35.6 Å². The average molecular weight is 251 g/mol. The van der Waals surface area contributed by atoms with Crippen molar-refractivity contribution in [2.24, 2.45) is 5.92 Å². The van der Waals surface area contributed by atoms with E-state index < -0.39 is 0 Å². The summed E-state index contributed by atoms with van der Waals surface area (Å²) in [6.07, 6.45) is 6.32. The van der Waals surface area contributed by atoms with E-state index in [9.17, 15) is 4.79 Å². The van der Waals surface area contributed by atoms with Gasteiger partial charge in [0.05, 0.1) is 6.54 Å². The highest BCUT2D eigenvalue weighted by Crippen LogP contribution is 2.24. The van der Waals surface area contributed by atoms with E-state index >= 15 is 0 Å². The minimum atomic E-state index is 0.355. The Bertz CT molecular complexity index is 287. The lowest BCUT2D eigenvalue weighted by Crippen LogP contribution is -2.43. The molecular formula is C14H25N3O. The molecule has 3 heterocycles. The van der Waals surface area contributed by atoms with Crippen molar-refractivity contribution in [3.63, 3.8) is 0 Å².